The molecule has 2 aliphatic rings. The van der Waals surface area contributed by atoms with Gasteiger partial charge in [-0.1, -0.05) is 6.07 Å². The summed E-state index contributed by atoms with van der Waals surface area (Å²) < 4.78 is 43.8. The smallest absolute Gasteiger partial charge is 0.264 e. The van der Waals surface area contributed by atoms with E-state index < -0.39 is 9.84 Å². The molecule has 2 saturated heterocycles. The Labute approximate surface area is 167 Å². The number of rotatable bonds is 4. The minimum atomic E-state index is -2.92. The van der Waals surface area contributed by atoms with E-state index in [0.29, 0.717) is 48.4 Å². The van der Waals surface area contributed by atoms with Crippen molar-refractivity contribution in [1.29, 1.82) is 0 Å². The van der Waals surface area contributed by atoms with Gasteiger partial charge in [0.05, 0.1) is 23.0 Å². The summed E-state index contributed by atoms with van der Waals surface area (Å²) in [4.78, 5) is 17.6. The van der Waals surface area contributed by atoms with Crippen molar-refractivity contribution in [3.8, 4) is 0 Å². The van der Waals surface area contributed by atoms with Crippen LogP contribution in [0.2, 0.25) is 0 Å². The molecule has 152 valence electrons. The lowest BCUT2D eigenvalue weighted by Crippen LogP contribution is -2.52. The van der Waals surface area contributed by atoms with Crippen molar-refractivity contribution < 1.29 is 22.3 Å². The lowest BCUT2D eigenvalue weighted by molar-refractivity contribution is 0.0589. The number of carbonyl (C=O) groups excluding carboxylic acids is 1. The van der Waals surface area contributed by atoms with E-state index in [1.165, 1.54) is 24.5 Å². The van der Waals surface area contributed by atoms with Crippen LogP contribution in [0.25, 0.3) is 10.1 Å². The van der Waals surface area contributed by atoms with Crippen LogP contribution in [0.1, 0.15) is 21.7 Å². The van der Waals surface area contributed by atoms with Gasteiger partial charge in [-0.05, 0) is 18.6 Å². The third kappa shape index (κ3) is 3.68. The molecule has 0 bridgehead atoms. The van der Waals surface area contributed by atoms with Gasteiger partial charge >= 0.3 is 0 Å². The Kier molecular flexibility index (Phi) is 5.43. The van der Waals surface area contributed by atoms with Crippen LogP contribution in [0.15, 0.2) is 18.2 Å². The van der Waals surface area contributed by atoms with Crippen LogP contribution in [0.3, 0.4) is 0 Å². The maximum Gasteiger partial charge on any atom is 0.264 e. The zero-order chi connectivity index (χ0) is 19.9. The summed E-state index contributed by atoms with van der Waals surface area (Å²) in [6, 6.07) is 4.92. The number of sulfone groups is 1. The molecule has 2 fully saturated rings. The van der Waals surface area contributed by atoms with Crippen LogP contribution in [0, 0.1) is 5.82 Å². The number of ether oxygens (including phenoxy) is 1. The normalized spacial score (nSPS) is 22.8. The van der Waals surface area contributed by atoms with Crippen LogP contribution < -0.4 is 0 Å². The van der Waals surface area contributed by atoms with E-state index in [1.54, 1.807) is 11.0 Å². The number of halogens is 1. The monoisotopic (exact) mass is 426 g/mol. The molecule has 1 amide bonds. The van der Waals surface area contributed by atoms with Crippen LogP contribution in [-0.4, -0.2) is 75.0 Å². The molecular formula is C19H23FN2O4S2. The first-order chi connectivity index (χ1) is 13.4. The van der Waals surface area contributed by atoms with Gasteiger partial charge in [-0.15, -0.1) is 11.3 Å². The van der Waals surface area contributed by atoms with Gasteiger partial charge in [0.2, 0.25) is 0 Å². The highest BCUT2D eigenvalue weighted by Crippen LogP contribution is 2.35. The van der Waals surface area contributed by atoms with Crippen molar-refractivity contribution in [2.24, 2.45) is 0 Å². The largest absolute Gasteiger partial charge is 0.380 e. The van der Waals surface area contributed by atoms with E-state index in [1.807, 2.05) is 6.07 Å². The number of methoxy groups -OCH3 is 1. The number of benzene rings is 1. The highest BCUT2D eigenvalue weighted by molar-refractivity contribution is 7.91. The highest BCUT2D eigenvalue weighted by Gasteiger charge is 2.35. The van der Waals surface area contributed by atoms with Crippen LogP contribution >= 0.6 is 11.3 Å². The minimum absolute atomic E-state index is 0.0599. The minimum Gasteiger partial charge on any atom is -0.380 e. The van der Waals surface area contributed by atoms with E-state index in [9.17, 15) is 17.6 Å². The van der Waals surface area contributed by atoms with Gasteiger partial charge in [-0.3, -0.25) is 9.69 Å². The van der Waals surface area contributed by atoms with Crippen molar-refractivity contribution in [3.05, 3.63) is 34.5 Å². The Hall–Kier alpha value is -1.55. The SMILES string of the molecule is COCc1c(C(=O)N2CCN([C@@H]3CCS(=O)(=O)C3)CC2)sc2cccc(F)c12. The van der Waals surface area contributed by atoms with Gasteiger partial charge in [-0.25, -0.2) is 12.8 Å². The zero-order valence-corrected chi connectivity index (χ0v) is 17.3. The van der Waals surface area contributed by atoms with Crippen molar-refractivity contribution in [2.75, 3.05) is 44.8 Å². The molecule has 0 N–H and O–H groups in total. The van der Waals surface area contributed by atoms with Crippen LogP contribution in [0.5, 0.6) is 0 Å². The fourth-order valence-electron chi connectivity index (χ4n) is 4.12. The Morgan fingerprint density at radius 2 is 2.04 bits per heavy atom. The van der Waals surface area contributed by atoms with Gasteiger partial charge in [-0.2, -0.15) is 0 Å². The molecule has 0 radical (unpaired) electrons. The number of fused-ring (bicyclic) bond motifs is 1. The summed E-state index contributed by atoms with van der Waals surface area (Å²) in [6.45, 7) is 2.58. The second-order valence-electron chi connectivity index (χ2n) is 7.34. The molecule has 0 spiro atoms. The summed E-state index contributed by atoms with van der Waals surface area (Å²) in [5.41, 5.74) is 0.606. The van der Waals surface area contributed by atoms with E-state index in [4.69, 9.17) is 4.74 Å². The lowest BCUT2D eigenvalue weighted by atomic mass is 10.1. The topological polar surface area (TPSA) is 66.9 Å². The Bertz CT molecular complexity index is 997. The van der Waals surface area contributed by atoms with Crippen molar-refractivity contribution in [1.82, 2.24) is 9.80 Å². The maximum absolute atomic E-state index is 14.3. The Morgan fingerprint density at radius 3 is 2.68 bits per heavy atom. The number of hydrogen-bond donors (Lipinski definition) is 0. The molecule has 0 unspecified atom stereocenters. The van der Waals surface area contributed by atoms with Gasteiger partial charge < -0.3 is 9.64 Å². The predicted molar refractivity (Wildman–Crippen MR) is 107 cm³/mol. The Morgan fingerprint density at radius 1 is 1.29 bits per heavy atom. The van der Waals surface area contributed by atoms with Crippen LogP contribution in [-0.2, 0) is 21.2 Å². The lowest BCUT2D eigenvalue weighted by Gasteiger charge is -2.37. The summed E-state index contributed by atoms with van der Waals surface area (Å²) in [6.07, 6.45) is 0.670. The summed E-state index contributed by atoms with van der Waals surface area (Å²) in [5, 5.41) is 0.465. The molecule has 6 nitrogen and oxygen atoms in total. The number of hydrogen-bond acceptors (Lipinski definition) is 6. The van der Waals surface area contributed by atoms with E-state index >= 15 is 0 Å². The van der Waals surface area contributed by atoms with Gasteiger partial charge in [0.1, 0.15) is 5.82 Å². The molecule has 4 rings (SSSR count). The summed E-state index contributed by atoms with van der Waals surface area (Å²) in [7, 11) is -1.38. The first-order valence-electron chi connectivity index (χ1n) is 9.32. The Balaban J connectivity index is 1.51. The second-order valence-corrected chi connectivity index (χ2v) is 10.6. The summed E-state index contributed by atoms with van der Waals surface area (Å²) >= 11 is 1.30. The number of thiophene rings is 1. The van der Waals surface area contributed by atoms with Gasteiger partial charge in [0.25, 0.3) is 5.91 Å². The molecule has 1 aromatic heterocycles. The average molecular weight is 427 g/mol. The van der Waals surface area contributed by atoms with Gasteiger partial charge in [0, 0.05) is 55.0 Å². The molecule has 2 aliphatic heterocycles. The molecule has 0 saturated carbocycles. The fraction of sp³-hybridized carbons (Fsp3) is 0.526. The highest BCUT2D eigenvalue weighted by atomic mass is 32.2. The average Bonchev–Trinajstić information content (AvgIpc) is 3.23. The third-order valence-corrected chi connectivity index (χ3v) is 8.51. The molecule has 28 heavy (non-hydrogen) atoms. The first-order valence-corrected chi connectivity index (χ1v) is 12.0. The quantitative estimate of drug-likeness (QED) is 0.749. The molecule has 2 aromatic rings. The van der Waals surface area contributed by atoms with Crippen molar-refractivity contribution in [3.63, 3.8) is 0 Å². The van der Waals surface area contributed by atoms with Crippen molar-refractivity contribution >= 4 is 37.2 Å². The molecule has 0 aliphatic carbocycles. The maximum atomic E-state index is 14.3. The van der Waals surface area contributed by atoms with Crippen LogP contribution in [0.4, 0.5) is 4.39 Å². The molecule has 9 heteroatoms. The fourth-order valence-corrected chi connectivity index (χ4v) is 7.07. The number of piperazine rings is 1. The van der Waals surface area contributed by atoms with Gasteiger partial charge in [0.15, 0.2) is 9.84 Å². The third-order valence-electron chi connectivity index (χ3n) is 5.57. The molecular weight excluding hydrogens is 403 g/mol. The molecule has 3 heterocycles. The number of amides is 1. The summed E-state index contributed by atoms with van der Waals surface area (Å²) in [5.74, 6) is 0.0254. The second kappa shape index (κ2) is 7.70. The first kappa shape index (κ1) is 19.8. The van der Waals surface area contributed by atoms with E-state index in [0.717, 1.165) is 4.70 Å². The predicted octanol–water partition coefficient (Wildman–Crippen LogP) is 2.13. The zero-order valence-electron chi connectivity index (χ0n) is 15.7. The standard InChI is InChI=1S/C19H23FN2O4S2/c1-26-11-14-17-15(20)3-2-4-16(17)27-18(14)19(23)22-8-6-21(7-9-22)13-5-10-28(24,25)12-13/h2-4,13H,5-12H2,1H3/t13-/m1/s1. The molecule has 1 atom stereocenters. The van der Waals surface area contributed by atoms with Crippen molar-refractivity contribution in [2.45, 2.75) is 19.1 Å². The van der Waals surface area contributed by atoms with E-state index in [2.05, 4.69) is 4.90 Å². The number of nitrogens with zero attached hydrogens (tertiary/aromatic N) is 2. The van der Waals surface area contributed by atoms with E-state index in [-0.39, 0.29) is 35.9 Å². The molecule has 1 aromatic carbocycles. The number of carbonyl (C=O) groups is 1.